The smallest absolute Gasteiger partial charge is 0.327 e. The molecule has 2 aromatic heterocycles. The Morgan fingerprint density at radius 2 is 1.83 bits per heavy atom. The minimum atomic E-state index is -4.35. The molecule has 3 aromatic rings. The lowest BCUT2D eigenvalue weighted by atomic mass is 10.2. The van der Waals surface area contributed by atoms with E-state index in [-0.39, 0.29) is 10.6 Å². The van der Waals surface area contributed by atoms with Crippen LogP contribution >= 0.6 is 0 Å². The van der Waals surface area contributed by atoms with E-state index in [0.717, 1.165) is 12.1 Å². The molecule has 0 amide bonds. The second-order valence-electron chi connectivity index (χ2n) is 7.54. The number of aryl methyl sites for hydroxylation is 1. The van der Waals surface area contributed by atoms with E-state index < -0.39 is 39.8 Å². The van der Waals surface area contributed by atoms with Crippen LogP contribution in [-0.4, -0.2) is 41.1 Å². The molecule has 0 aliphatic rings. The SMILES string of the molecule is Cc1nnc2ccc(S(=O)(=O)N(CC(=O)OC(C)(C)C)c3ccc(F)c(F)c3)cn12. The number of rotatable bonds is 5. The molecule has 0 N–H and O–H groups in total. The lowest BCUT2D eigenvalue weighted by molar-refractivity contribution is -0.152. The van der Waals surface area contributed by atoms with Gasteiger partial charge >= 0.3 is 5.97 Å². The van der Waals surface area contributed by atoms with Crippen molar-refractivity contribution < 1.29 is 26.7 Å². The Balaban J connectivity index is 2.09. The van der Waals surface area contributed by atoms with Crippen LogP contribution in [0.3, 0.4) is 0 Å². The first-order valence-corrected chi connectivity index (χ1v) is 10.3. The molecule has 2 heterocycles. The van der Waals surface area contributed by atoms with Gasteiger partial charge < -0.3 is 4.74 Å². The fraction of sp³-hybridized carbons (Fsp3) is 0.316. The third kappa shape index (κ3) is 4.40. The van der Waals surface area contributed by atoms with Crippen LogP contribution in [0.1, 0.15) is 26.6 Å². The summed E-state index contributed by atoms with van der Waals surface area (Å²) in [6.07, 6.45) is 1.29. The monoisotopic (exact) mass is 438 g/mol. The second kappa shape index (κ2) is 7.63. The van der Waals surface area contributed by atoms with Crippen LogP contribution in [0.15, 0.2) is 41.4 Å². The molecule has 160 valence electrons. The number of carbonyl (C=O) groups is 1. The molecule has 1 aromatic carbocycles. The minimum Gasteiger partial charge on any atom is -0.459 e. The summed E-state index contributed by atoms with van der Waals surface area (Å²) in [7, 11) is -4.35. The molecule has 0 atom stereocenters. The number of sulfonamides is 1. The van der Waals surface area contributed by atoms with Gasteiger partial charge in [-0.2, -0.15) is 0 Å². The molecule has 0 fully saturated rings. The van der Waals surface area contributed by atoms with E-state index in [0.29, 0.717) is 21.8 Å². The molecular weight excluding hydrogens is 418 g/mol. The normalized spacial score (nSPS) is 12.2. The second-order valence-corrected chi connectivity index (χ2v) is 9.40. The standard InChI is InChI=1S/C19H20F2N4O4S/c1-12-22-23-17-8-6-14(10-24(12)17)30(27,28)25(11-18(26)29-19(2,3)4)13-5-7-15(20)16(21)9-13/h5-10H,11H2,1-4H3. The van der Waals surface area contributed by atoms with E-state index in [9.17, 15) is 22.0 Å². The van der Waals surface area contributed by atoms with Crippen LogP contribution in [-0.2, 0) is 19.6 Å². The zero-order valence-electron chi connectivity index (χ0n) is 16.8. The summed E-state index contributed by atoms with van der Waals surface area (Å²) < 4.78 is 61.3. The molecule has 0 saturated carbocycles. The van der Waals surface area contributed by atoms with Gasteiger partial charge in [-0.05, 0) is 52.0 Å². The number of hydrogen-bond acceptors (Lipinski definition) is 6. The highest BCUT2D eigenvalue weighted by Gasteiger charge is 2.30. The Labute approximate surface area is 172 Å². The number of carbonyl (C=O) groups excluding carboxylic acids is 1. The Hall–Kier alpha value is -3.08. The number of ether oxygens (including phenoxy) is 1. The van der Waals surface area contributed by atoms with Gasteiger partial charge in [0.1, 0.15) is 22.9 Å². The summed E-state index contributed by atoms with van der Waals surface area (Å²) >= 11 is 0. The molecule has 0 radical (unpaired) electrons. The van der Waals surface area contributed by atoms with Crippen LogP contribution in [0.2, 0.25) is 0 Å². The molecule has 0 aliphatic heterocycles. The molecule has 0 spiro atoms. The van der Waals surface area contributed by atoms with Crippen molar-refractivity contribution in [3.05, 3.63) is 54.0 Å². The van der Waals surface area contributed by atoms with Gasteiger partial charge in [-0.1, -0.05) is 0 Å². The van der Waals surface area contributed by atoms with Crippen LogP contribution < -0.4 is 4.31 Å². The van der Waals surface area contributed by atoms with E-state index in [2.05, 4.69) is 10.2 Å². The summed E-state index contributed by atoms with van der Waals surface area (Å²) in [6.45, 7) is 5.80. The van der Waals surface area contributed by atoms with Crippen molar-refractivity contribution in [2.45, 2.75) is 38.2 Å². The highest BCUT2D eigenvalue weighted by molar-refractivity contribution is 7.92. The van der Waals surface area contributed by atoms with Crippen molar-refractivity contribution in [3.63, 3.8) is 0 Å². The van der Waals surface area contributed by atoms with E-state index in [1.165, 1.54) is 22.7 Å². The summed E-state index contributed by atoms with van der Waals surface area (Å²) in [6, 6.07) is 5.31. The minimum absolute atomic E-state index is 0.189. The highest BCUT2D eigenvalue weighted by atomic mass is 32.2. The Kier molecular flexibility index (Phi) is 5.50. The molecule has 0 saturated heterocycles. The number of aromatic nitrogens is 3. The summed E-state index contributed by atoms with van der Waals surface area (Å²) in [5.74, 6) is -2.79. The highest BCUT2D eigenvalue weighted by Crippen LogP contribution is 2.26. The quantitative estimate of drug-likeness (QED) is 0.569. The van der Waals surface area contributed by atoms with Gasteiger partial charge in [0, 0.05) is 12.3 Å². The Morgan fingerprint density at radius 1 is 1.13 bits per heavy atom. The third-order valence-electron chi connectivity index (χ3n) is 4.02. The Bertz CT molecular complexity index is 1220. The molecule has 0 bridgehead atoms. The molecule has 0 unspecified atom stereocenters. The van der Waals surface area contributed by atoms with Gasteiger partial charge in [-0.25, -0.2) is 17.2 Å². The number of nitrogens with zero attached hydrogens (tertiary/aromatic N) is 4. The zero-order chi connectivity index (χ0) is 22.3. The number of benzene rings is 1. The molecule has 30 heavy (non-hydrogen) atoms. The van der Waals surface area contributed by atoms with Gasteiger partial charge in [0.15, 0.2) is 17.3 Å². The molecule has 0 aliphatic carbocycles. The van der Waals surface area contributed by atoms with Gasteiger partial charge in [0.25, 0.3) is 10.0 Å². The molecule has 8 nitrogen and oxygen atoms in total. The molecular formula is C19H20F2N4O4S. The van der Waals surface area contributed by atoms with Crippen molar-refractivity contribution in [2.75, 3.05) is 10.8 Å². The largest absolute Gasteiger partial charge is 0.459 e. The fourth-order valence-electron chi connectivity index (χ4n) is 2.71. The average Bonchev–Trinajstić information content (AvgIpc) is 3.01. The molecule has 11 heteroatoms. The van der Waals surface area contributed by atoms with Gasteiger partial charge in [0.2, 0.25) is 0 Å². The summed E-state index contributed by atoms with van der Waals surface area (Å²) in [5, 5.41) is 7.76. The zero-order valence-corrected chi connectivity index (χ0v) is 17.6. The van der Waals surface area contributed by atoms with Crippen LogP contribution in [0.25, 0.3) is 5.65 Å². The molecule has 3 rings (SSSR count). The van der Waals surface area contributed by atoms with Crippen LogP contribution in [0, 0.1) is 18.6 Å². The maximum Gasteiger partial charge on any atom is 0.327 e. The topological polar surface area (TPSA) is 93.9 Å². The number of esters is 1. The van der Waals surface area contributed by atoms with E-state index in [1.807, 2.05) is 0 Å². The summed E-state index contributed by atoms with van der Waals surface area (Å²) in [5.41, 5.74) is -0.655. The Morgan fingerprint density at radius 3 is 2.47 bits per heavy atom. The number of halogens is 2. The van der Waals surface area contributed by atoms with Crippen LogP contribution in [0.5, 0.6) is 0 Å². The van der Waals surface area contributed by atoms with E-state index in [1.54, 1.807) is 27.7 Å². The van der Waals surface area contributed by atoms with Gasteiger partial charge in [-0.15, -0.1) is 10.2 Å². The lowest BCUT2D eigenvalue weighted by Gasteiger charge is -2.26. The van der Waals surface area contributed by atoms with Gasteiger partial charge in [0.05, 0.1) is 5.69 Å². The number of hydrogen-bond donors (Lipinski definition) is 0. The summed E-state index contributed by atoms with van der Waals surface area (Å²) in [4.78, 5) is 12.2. The lowest BCUT2D eigenvalue weighted by Crippen LogP contribution is -2.39. The van der Waals surface area contributed by atoms with Crippen molar-refractivity contribution >= 4 is 27.3 Å². The predicted octanol–water partition coefficient (Wildman–Crippen LogP) is 2.85. The number of anilines is 1. The van der Waals surface area contributed by atoms with Crippen molar-refractivity contribution in [2.24, 2.45) is 0 Å². The first kappa shape index (κ1) is 21.6. The number of fused-ring (bicyclic) bond motifs is 1. The maximum atomic E-state index is 13.8. The van der Waals surface area contributed by atoms with E-state index >= 15 is 0 Å². The van der Waals surface area contributed by atoms with E-state index in [4.69, 9.17) is 4.74 Å². The number of pyridine rings is 1. The van der Waals surface area contributed by atoms with Crippen LogP contribution in [0.4, 0.5) is 14.5 Å². The first-order valence-electron chi connectivity index (χ1n) is 8.89. The average molecular weight is 438 g/mol. The first-order chi connectivity index (χ1) is 13.9. The van der Waals surface area contributed by atoms with Crippen molar-refractivity contribution in [1.29, 1.82) is 0 Å². The predicted molar refractivity (Wildman–Crippen MR) is 104 cm³/mol. The fourth-order valence-corrected chi connectivity index (χ4v) is 4.11. The third-order valence-corrected chi connectivity index (χ3v) is 5.77. The van der Waals surface area contributed by atoms with Gasteiger partial charge in [-0.3, -0.25) is 13.5 Å². The van der Waals surface area contributed by atoms with Crippen molar-refractivity contribution in [1.82, 2.24) is 14.6 Å². The van der Waals surface area contributed by atoms with Crippen molar-refractivity contribution in [3.8, 4) is 0 Å². The maximum absolute atomic E-state index is 13.8.